The molecule has 3 heterocycles. The SMILES string of the molecule is CC(NC(=O)CCC(=O)N1CCc2c(c(C(=O)N3CCCC3)nn2C)C1)c1ccccc1. The molecule has 0 saturated carbocycles. The van der Waals surface area contributed by atoms with Crippen LogP contribution in [0.1, 0.15) is 66.0 Å². The summed E-state index contributed by atoms with van der Waals surface area (Å²) in [6.45, 7) is 4.42. The maximum Gasteiger partial charge on any atom is 0.274 e. The summed E-state index contributed by atoms with van der Waals surface area (Å²) >= 11 is 0. The van der Waals surface area contributed by atoms with E-state index in [-0.39, 0.29) is 36.6 Å². The number of aromatic nitrogens is 2. The fraction of sp³-hybridized carbons (Fsp3) is 0.500. The molecule has 1 aromatic heterocycles. The van der Waals surface area contributed by atoms with Crippen molar-refractivity contribution in [3.63, 3.8) is 0 Å². The van der Waals surface area contributed by atoms with E-state index in [1.807, 2.05) is 49.2 Å². The molecule has 3 amide bonds. The van der Waals surface area contributed by atoms with Crippen LogP contribution >= 0.6 is 0 Å². The van der Waals surface area contributed by atoms with Gasteiger partial charge in [0.05, 0.1) is 6.04 Å². The van der Waals surface area contributed by atoms with Gasteiger partial charge in [0.2, 0.25) is 11.8 Å². The second-order valence-corrected chi connectivity index (χ2v) is 8.66. The molecule has 2 aliphatic heterocycles. The minimum Gasteiger partial charge on any atom is -0.350 e. The average molecular weight is 438 g/mol. The smallest absolute Gasteiger partial charge is 0.274 e. The zero-order chi connectivity index (χ0) is 22.7. The van der Waals surface area contributed by atoms with E-state index in [1.54, 1.807) is 9.58 Å². The number of aryl methyl sites for hydroxylation is 1. The van der Waals surface area contributed by atoms with Gasteiger partial charge in [-0.05, 0) is 25.3 Å². The topological polar surface area (TPSA) is 87.5 Å². The zero-order valence-corrected chi connectivity index (χ0v) is 18.8. The van der Waals surface area contributed by atoms with Gasteiger partial charge in [-0.3, -0.25) is 19.1 Å². The molecule has 1 atom stereocenters. The summed E-state index contributed by atoms with van der Waals surface area (Å²) in [6.07, 6.45) is 3.01. The summed E-state index contributed by atoms with van der Waals surface area (Å²) in [5, 5.41) is 7.45. The molecule has 1 N–H and O–H groups in total. The molecule has 32 heavy (non-hydrogen) atoms. The molecule has 0 radical (unpaired) electrons. The molecule has 0 bridgehead atoms. The van der Waals surface area contributed by atoms with E-state index in [9.17, 15) is 14.4 Å². The number of hydrogen-bond donors (Lipinski definition) is 1. The van der Waals surface area contributed by atoms with Gasteiger partial charge in [0.25, 0.3) is 5.91 Å². The van der Waals surface area contributed by atoms with Gasteiger partial charge in [-0.25, -0.2) is 0 Å². The molecule has 8 nitrogen and oxygen atoms in total. The summed E-state index contributed by atoms with van der Waals surface area (Å²) in [4.78, 5) is 41.7. The van der Waals surface area contributed by atoms with Crippen molar-refractivity contribution in [1.29, 1.82) is 0 Å². The number of benzene rings is 1. The largest absolute Gasteiger partial charge is 0.350 e. The number of amides is 3. The lowest BCUT2D eigenvalue weighted by atomic mass is 10.0. The van der Waals surface area contributed by atoms with Crippen molar-refractivity contribution in [2.24, 2.45) is 7.05 Å². The van der Waals surface area contributed by atoms with Crippen LogP contribution in [0.15, 0.2) is 30.3 Å². The van der Waals surface area contributed by atoms with Crippen molar-refractivity contribution in [3.05, 3.63) is 52.8 Å². The van der Waals surface area contributed by atoms with Crippen LogP contribution in [0.2, 0.25) is 0 Å². The number of rotatable bonds is 6. The van der Waals surface area contributed by atoms with Gasteiger partial charge in [-0.2, -0.15) is 5.10 Å². The van der Waals surface area contributed by atoms with E-state index in [0.717, 1.165) is 42.8 Å². The molecular formula is C24H31N5O3. The Labute approximate surface area is 188 Å². The monoisotopic (exact) mass is 437 g/mol. The lowest BCUT2D eigenvalue weighted by Crippen LogP contribution is -2.38. The number of likely N-dealkylation sites (tertiary alicyclic amines) is 1. The van der Waals surface area contributed by atoms with E-state index < -0.39 is 0 Å². The Hall–Kier alpha value is -3.16. The number of carbonyl (C=O) groups excluding carboxylic acids is 3. The van der Waals surface area contributed by atoms with Crippen LogP contribution in [0.3, 0.4) is 0 Å². The predicted molar refractivity (Wildman–Crippen MR) is 120 cm³/mol. The highest BCUT2D eigenvalue weighted by atomic mass is 16.2. The second kappa shape index (κ2) is 9.54. The van der Waals surface area contributed by atoms with Crippen molar-refractivity contribution in [2.75, 3.05) is 19.6 Å². The third-order valence-electron chi connectivity index (χ3n) is 6.43. The summed E-state index contributed by atoms with van der Waals surface area (Å²) in [5.74, 6) is -0.247. The molecule has 1 saturated heterocycles. The highest BCUT2D eigenvalue weighted by Crippen LogP contribution is 2.25. The van der Waals surface area contributed by atoms with Gasteiger partial charge in [-0.15, -0.1) is 0 Å². The normalized spacial score (nSPS) is 16.6. The first-order valence-electron chi connectivity index (χ1n) is 11.4. The van der Waals surface area contributed by atoms with Crippen molar-refractivity contribution >= 4 is 17.7 Å². The molecule has 0 aliphatic carbocycles. The lowest BCUT2D eigenvalue weighted by molar-refractivity contribution is -0.134. The Morgan fingerprint density at radius 1 is 1.03 bits per heavy atom. The molecule has 170 valence electrons. The molecule has 1 fully saturated rings. The molecule has 2 aliphatic rings. The number of hydrogen-bond acceptors (Lipinski definition) is 4. The number of carbonyl (C=O) groups is 3. The third kappa shape index (κ3) is 4.69. The van der Waals surface area contributed by atoms with E-state index in [1.165, 1.54) is 0 Å². The first-order valence-corrected chi connectivity index (χ1v) is 11.4. The first kappa shape index (κ1) is 22.0. The third-order valence-corrected chi connectivity index (χ3v) is 6.43. The molecule has 8 heteroatoms. The standard InChI is InChI=1S/C24H31N5O3/c1-17(18-8-4-3-5-9-18)25-21(30)10-11-22(31)29-15-12-20-19(16-29)23(26-27(20)2)24(32)28-13-6-7-14-28/h3-5,8-9,17H,6-7,10-16H2,1-2H3,(H,25,30). The second-order valence-electron chi connectivity index (χ2n) is 8.66. The van der Waals surface area contributed by atoms with Crippen LogP contribution in [-0.4, -0.2) is 56.9 Å². The minimum atomic E-state index is -0.140. The van der Waals surface area contributed by atoms with E-state index >= 15 is 0 Å². The van der Waals surface area contributed by atoms with Crippen LogP contribution in [0.5, 0.6) is 0 Å². The highest BCUT2D eigenvalue weighted by Gasteiger charge is 2.32. The molecule has 1 aromatic carbocycles. The van der Waals surface area contributed by atoms with Gasteiger partial charge >= 0.3 is 0 Å². The van der Waals surface area contributed by atoms with Crippen LogP contribution < -0.4 is 5.32 Å². The van der Waals surface area contributed by atoms with Crippen molar-refractivity contribution in [3.8, 4) is 0 Å². The van der Waals surface area contributed by atoms with Gasteiger partial charge in [0, 0.05) is 63.7 Å². The maximum atomic E-state index is 12.9. The molecular weight excluding hydrogens is 406 g/mol. The van der Waals surface area contributed by atoms with E-state index in [0.29, 0.717) is 25.2 Å². The molecule has 1 unspecified atom stereocenters. The van der Waals surface area contributed by atoms with Crippen LogP contribution in [0.4, 0.5) is 0 Å². The lowest BCUT2D eigenvalue weighted by Gasteiger charge is -2.28. The fourth-order valence-corrected chi connectivity index (χ4v) is 4.56. The summed E-state index contributed by atoms with van der Waals surface area (Å²) in [7, 11) is 1.86. The quantitative estimate of drug-likeness (QED) is 0.751. The molecule has 4 rings (SSSR count). The van der Waals surface area contributed by atoms with Gasteiger partial charge in [0.15, 0.2) is 5.69 Å². The minimum absolute atomic E-state index is 0.0390. The fourth-order valence-electron chi connectivity index (χ4n) is 4.56. The first-order chi connectivity index (χ1) is 15.4. The predicted octanol–water partition coefficient (Wildman–Crippen LogP) is 2.20. The number of nitrogens with one attached hydrogen (secondary N) is 1. The Morgan fingerprint density at radius 2 is 1.75 bits per heavy atom. The molecule has 2 aromatic rings. The van der Waals surface area contributed by atoms with Gasteiger partial charge in [-0.1, -0.05) is 30.3 Å². The summed E-state index contributed by atoms with van der Waals surface area (Å²) in [5.41, 5.74) is 3.37. The van der Waals surface area contributed by atoms with Crippen molar-refractivity contribution < 1.29 is 14.4 Å². The Balaban J connectivity index is 1.34. The average Bonchev–Trinajstić information content (AvgIpc) is 3.46. The Kier molecular flexibility index (Phi) is 6.58. The number of fused-ring (bicyclic) bond motifs is 1. The van der Waals surface area contributed by atoms with Crippen LogP contribution in [0.25, 0.3) is 0 Å². The number of nitrogens with zero attached hydrogens (tertiary/aromatic N) is 4. The van der Waals surface area contributed by atoms with E-state index in [4.69, 9.17) is 0 Å². The van der Waals surface area contributed by atoms with Crippen molar-refractivity contribution in [2.45, 2.75) is 51.6 Å². The Bertz CT molecular complexity index is 995. The van der Waals surface area contributed by atoms with Crippen molar-refractivity contribution in [1.82, 2.24) is 24.9 Å². The van der Waals surface area contributed by atoms with Gasteiger partial charge in [0.1, 0.15) is 0 Å². The van der Waals surface area contributed by atoms with Gasteiger partial charge < -0.3 is 15.1 Å². The van der Waals surface area contributed by atoms with Crippen LogP contribution in [0, 0.1) is 0 Å². The highest BCUT2D eigenvalue weighted by molar-refractivity contribution is 5.94. The maximum absolute atomic E-state index is 12.9. The Morgan fingerprint density at radius 3 is 2.47 bits per heavy atom. The van der Waals surface area contributed by atoms with Crippen LogP contribution in [-0.2, 0) is 29.6 Å². The summed E-state index contributed by atoms with van der Waals surface area (Å²) in [6, 6.07) is 9.64. The molecule has 0 spiro atoms. The van der Waals surface area contributed by atoms with E-state index in [2.05, 4.69) is 10.4 Å². The zero-order valence-electron chi connectivity index (χ0n) is 18.8. The summed E-state index contributed by atoms with van der Waals surface area (Å²) < 4.78 is 1.78.